The summed E-state index contributed by atoms with van der Waals surface area (Å²) in [6, 6.07) is 3.99. The summed E-state index contributed by atoms with van der Waals surface area (Å²) < 4.78 is 32.0. The second-order valence-electron chi connectivity index (χ2n) is 8.15. The van der Waals surface area contributed by atoms with Gasteiger partial charge >= 0.3 is 0 Å². The van der Waals surface area contributed by atoms with Crippen LogP contribution in [-0.4, -0.2) is 89.3 Å². The zero-order valence-corrected chi connectivity index (χ0v) is 19.9. The highest BCUT2D eigenvalue weighted by Gasteiger charge is 2.45. The lowest BCUT2D eigenvalue weighted by Crippen LogP contribution is -2.60. The lowest BCUT2D eigenvalue weighted by molar-refractivity contribution is -0.277. The van der Waals surface area contributed by atoms with Crippen molar-refractivity contribution in [1.29, 1.82) is 0 Å². The molecule has 0 saturated carbocycles. The van der Waals surface area contributed by atoms with E-state index in [0.29, 0.717) is 0 Å². The average Bonchev–Trinajstić information content (AvgIpc) is 2.89. The van der Waals surface area contributed by atoms with Crippen molar-refractivity contribution in [2.75, 3.05) is 27.9 Å². The number of phenols is 2. The summed E-state index contributed by atoms with van der Waals surface area (Å²) in [6.07, 6.45) is -6.71. The minimum absolute atomic E-state index is 0.00375. The van der Waals surface area contributed by atoms with Gasteiger partial charge in [0.05, 0.1) is 33.5 Å². The Kier molecular flexibility index (Phi) is 7.34. The number of hydrogen-bond donors (Lipinski definition) is 6. The summed E-state index contributed by atoms with van der Waals surface area (Å²) in [5, 5.41) is 60.5. The van der Waals surface area contributed by atoms with Crippen LogP contribution in [0, 0.1) is 0 Å². The third-order valence-corrected chi connectivity index (χ3v) is 6.05. The van der Waals surface area contributed by atoms with Crippen LogP contribution < -0.4 is 24.4 Å². The Hall–Kier alpha value is -3.75. The molecule has 13 nitrogen and oxygen atoms in total. The lowest BCUT2D eigenvalue weighted by atomic mass is 9.99. The standard InChI is InChI=1S/C24H26O13/c1-32-12-4-9(5-13(33-2)18(12)27)10-8-35-11-6-14(23(34-3)20(29)16(11)17(10)26)36-24-22(31)21(30)19(28)15(7-25)37-24/h4-6,8,15,19,21-22,24-25,27-31H,7H2,1-3H3/t15-,19-,21+,22-,24-/m1/s1. The summed E-state index contributed by atoms with van der Waals surface area (Å²) in [5.74, 6) is -1.36. The van der Waals surface area contributed by atoms with E-state index in [1.165, 1.54) is 39.5 Å². The summed E-state index contributed by atoms with van der Waals surface area (Å²) in [6.45, 7) is -0.671. The summed E-state index contributed by atoms with van der Waals surface area (Å²) in [5.41, 5.74) is -0.512. The lowest BCUT2D eigenvalue weighted by Gasteiger charge is -2.39. The van der Waals surface area contributed by atoms with Crippen LogP contribution in [0.2, 0.25) is 0 Å². The fourth-order valence-electron chi connectivity index (χ4n) is 4.05. The third-order valence-electron chi connectivity index (χ3n) is 6.05. The minimum Gasteiger partial charge on any atom is -0.504 e. The van der Waals surface area contributed by atoms with Gasteiger partial charge in [0.1, 0.15) is 41.6 Å². The molecule has 0 amide bonds. The molecule has 0 spiro atoms. The quantitative estimate of drug-likeness (QED) is 0.244. The highest BCUT2D eigenvalue weighted by Crippen LogP contribution is 2.44. The summed E-state index contributed by atoms with van der Waals surface area (Å²) in [7, 11) is 3.85. The van der Waals surface area contributed by atoms with Gasteiger partial charge in [0.25, 0.3) is 0 Å². The zero-order chi connectivity index (χ0) is 27.0. The predicted octanol–water partition coefficient (Wildman–Crippen LogP) is 0.0757. The molecule has 0 radical (unpaired) electrons. The molecule has 37 heavy (non-hydrogen) atoms. The van der Waals surface area contributed by atoms with Gasteiger partial charge in [0.15, 0.2) is 23.0 Å². The maximum Gasteiger partial charge on any atom is 0.229 e. The molecule has 0 aliphatic carbocycles. The van der Waals surface area contributed by atoms with Crippen molar-refractivity contribution in [3.8, 4) is 45.6 Å². The maximum absolute atomic E-state index is 13.4. The summed E-state index contributed by atoms with van der Waals surface area (Å²) >= 11 is 0. The first-order chi connectivity index (χ1) is 17.7. The van der Waals surface area contributed by atoms with Crippen molar-refractivity contribution in [2.45, 2.75) is 30.7 Å². The molecule has 1 saturated heterocycles. The van der Waals surface area contributed by atoms with Gasteiger partial charge in [-0.05, 0) is 17.7 Å². The van der Waals surface area contributed by atoms with E-state index in [0.717, 1.165) is 6.26 Å². The largest absolute Gasteiger partial charge is 0.504 e. The maximum atomic E-state index is 13.4. The number of aromatic hydroxyl groups is 2. The van der Waals surface area contributed by atoms with Crippen LogP contribution in [0.4, 0.5) is 0 Å². The van der Waals surface area contributed by atoms with Gasteiger partial charge in [-0.15, -0.1) is 0 Å². The van der Waals surface area contributed by atoms with Gasteiger partial charge in [-0.3, -0.25) is 4.79 Å². The molecule has 13 heteroatoms. The third kappa shape index (κ3) is 4.47. The highest BCUT2D eigenvalue weighted by molar-refractivity contribution is 5.91. The van der Waals surface area contributed by atoms with Crippen LogP contribution >= 0.6 is 0 Å². The van der Waals surface area contributed by atoms with Crippen LogP contribution in [0.5, 0.6) is 34.5 Å². The van der Waals surface area contributed by atoms with Crippen molar-refractivity contribution in [3.63, 3.8) is 0 Å². The first kappa shape index (κ1) is 26.3. The molecule has 200 valence electrons. The molecule has 4 rings (SSSR count). The normalized spacial score (nSPS) is 23.6. The zero-order valence-electron chi connectivity index (χ0n) is 19.9. The fraction of sp³-hybridized carbons (Fsp3) is 0.375. The molecular formula is C24H26O13. The van der Waals surface area contributed by atoms with Crippen molar-refractivity contribution in [2.24, 2.45) is 0 Å². The Morgan fingerprint density at radius 2 is 1.51 bits per heavy atom. The molecule has 1 aromatic heterocycles. The number of fused-ring (bicyclic) bond motifs is 1. The van der Waals surface area contributed by atoms with Crippen molar-refractivity contribution in [1.82, 2.24) is 0 Å². The number of ether oxygens (including phenoxy) is 5. The Morgan fingerprint density at radius 3 is 2.08 bits per heavy atom. The van der Waals surface area contributed by atoms with Gasteiger partial charge < -0.3 is 58.7 Å². The molecule has 2 aromatic carbocycles. The molecular weight excluding hydrogens is 496 g/mol. The van der Waals surface area contributed by atoms with Crippen LogP contribution in [0.15, 0.2) is 33.7 Å². The second-order valence-corrected chi connectivity index (χ2v) is 8.15. The Bertz CT molecular complexity index is 1320. The Labute approximate surface area is 209 Å². The SMILES string of the molecule is COc1cc(-c2coc3cc(O[C@@H]4O[C@H](CO)[C@@H](O)[C@H](O)[C@H]4O)c(OC)c(O)c3c2=O)cc(OC)c1O. The number of methoxy groups -OCH3 is 3. The summed E-state index contributed by atoms with van der Waals surface area (Å²) in [4.78, 5) is 13.4. The predicted molar refractivity (Wildman–Crippen MR) is 125 cm³/mol. The minimum atomic E-state index is -1.73. The van der Waals surface area contributed by atoms with E-state index in [9.17, 15) is 35.4 Å². The van der Waals surface area contributed by atoms with Gasteiger partial charge in [0.2, 0.25) is 23.2 Å². The Balaban J connectivity index is 1.81. The molecule has 0 bridgehead atoms. The molecule has 3 aromatic rings. The molecule has 1 fully saturated rings. The van der Waals surface area contributed by atoms with Crippen LogP contribution in [-0.2, 0) is 4.74 Å². The average molecular weight is 522 g/mol. The van der Waals surface area contributed by atoms with E-state index in [4.69, 9.17) is 28.1 Å². The first-order valence-corrected chi connectivity index (χ1v) is 10.9. The molecule has 1 aliphatic rings. The number of aliphatic hydroxyl groups is 4. The van der Waals surface area contributed by atoms with E-state index in [2.05, 4.69) is 0 Å². The molecule has 5 atom stereocenters. The van der Waals surface area contributed by atoms with Gasteiger partial charge in [0, 0.05) is 6.07 Å². The number of aliphatic hydroxyl groups excluding tert-OH is 4. The van der Waals surface area contributed by atoms with Crippen LogP contribution in [0.3, 0.4) is 0 Å². The second kappa shape index (κ2) is 10.3. The molecule has 1 aliphatic heterocycles. The van der Waals surface area contributed by atoms with E-state index in [-0.39, 0.29) is 50.8 Å². The topological polar surface area (TPSA) is 198 Å². The molecule has 0 unspecified atom stereocenters. The van der Waals surface area contributed by atoms with Crippen molar-refractivity contribution < 1.29 is 58.7 Å². The van der Waals surface area contributed by atoms with Crippen molar-refractivity contribution in [3.05, 3.63) is 34.7 Å². The number of phenolic OH excluding ortho intramolecular Hbond substituents is 2. The van der Waals surface area contributed by atoms with E-state index in [1.807, 2.05) is 0 Å². The number of rotatable bonds is 7. The smallest absolute Gasteiger partial charge is 0.229 e. The number of benzene rings is 2. The monoisotopic (exact) mass is 522 g/mol. The van der Waals surface area contributed by atoms with E-state index in [1.54, 1.807) is 0 Å². The van der Waals surface area contributed by atoms with E-state index < -0.39 is 48.5 Å². The molecule has 6 N–H and O–H groups in total. The Morgan fingerprint density at radius 1 is 0.865 bits per heavy atom. The highest BCUT2D eigenvalue weighted by atomic mass is 16.7. The number of hydrogen-bond acceptors (Lipinski definition) is 13. The van der Waals surface area contributed by atoms with Crippen LogP contribution in [0.25, 0.3) is 22.1 Å². The van der Waals surface area contributed by atoms with E-state index >= 15 is 0 Å². The van der Waals surface area contributed by atoms with Crippen LogP contribution in [0.1, 0.15) is 0 Å². The van der Waals surface area contributed by atoms with Gasteiger partial charge in [-0.25, -0.2) is 0 Å². The van der Waals surface area contributed by atoms with Gasteiger partial charge in [-0.1, -0.05) is 0 Å². The fourth-order valence-corrected chi connectivity index (χ4v) is 4.05. The van der Waals surface area contributed by atoms with Crippen molar-refractivity contribution >= 4 is 11.0 Å². The first-order valence-electron chi connectivity index (χ1n) is 10.9. The molecule has 2 heterocycles. The van der Waals surface area contributed by atoms with Gasteiger partial charge in [-0.2, -0.15) is 0 Å².